The molecule has 0 heterocycles. The van der Waals surface area contributed by atoms with Crippen molar-refractivity contribution in [1.82, 2.24) is 10.6 Å². The second-order valence-electron chi connectivity index (χ2n) is 5.12. The van der Waals surface area contributed by atoms with Crippen LogP contribution in [0.15, 0.2) is 18.2 Å². The molecule has 0 saturated carbocycles. The number of benzene rings is 1. The van der Waals surface area contributed by atoms with Gasteiger partial charge in [-0.15, -0.1) is 0 Å². The zero-order valence-electron chi connectivity index (χ0n) is 10.8. The smallest absolute Gasteiger partial charge is 0.234 e. The maximum absolute atomic E-state index is 11.5. The van der Waals surface area contributed by atoms with Gasteiger partial charge < -0.3 is 10.6 Å². The van der Waals surface area contributed by atoms with Crippen LogP contribution in [-0.4, -0.2) is 24.5 Å². The minimum atomic E-state index is 0.0546. The second-order valence-corrected chi connectivity index (χ2v) is 5.56. The first-order valence-corrected chi connectivity index (χ1v) is 6.72. The molecule has 1 aromatic rings. The van der Waals surface area contributed by atoms with Crippen LogP contribution in [0.3, 0.4) is 0 Å². The van der Waals surface area contributed by atoms with Crippen molar-refractivity contribution in [2.75, 3.05) is 6.54 Å². The lowest BCUT2D eigenvalue weighted by atomic mass is 10.1. The van der Waals surface area contributed by atoms with E-state index in [0.29, 0.717) is 12.6 Å². The standard InChI is InChI=1S/C14H19ClN2O/c1-9(2)17-14(18)8-16-13-6-10-3-4-12(15)5-11(10)7-13/h3-5,9,13,16H,6-8H2,1-2H3,(H,17,18). The lowest BCUT2D eigenvalue weighted by Gasteiger charge is -2.13. The van der Waals surface area contributed by atoms with Crippen LogP contribution < -0.4 is 10.6 Å². The molecule has 1 aliphatic carbocycles. The molecule has 1 unspecified atom stereocenters. The topological polar surface area (TPSA) is 41.1 Å². The van der Waals surface area contributed by atoms with Crippen LogP contribution in [0.1, 0.15) is 25.0 Å². The van der Waals surface area contributed by atoms with E-state index in [4.69, 9.17) is 11.6 Å². The number of halogens is 1. The minimum absolute atomic E-state index is 0.0546. The van der Waals surface area contributed by atoms with E-state index in [9.17, 15) is 4.79 Å². The maximum Gasteiger partial charge on any atom is 0.234 e. The summed E-state index contributed by atoms with van der Waals surface area (Å²) in [6, 6.07) is 6.56. The molecule has 2 rings (SSSR count). The summed E-state index contributed by atoms with van der Waals surface area (Å²) < 4.78 is 0. The van der Waals surface area contributed by atoms with Crippen LogP contribution in [0.2, 0.25) is 5.02 Å². The highest BCUT2D eigenvalue weighted by Crippen LogP contribution is 2.25. The fourth-order valence-corrected chi connectivity index (χ4v) is 2.54. The third-order valence-corrected chi connectivity index (χ3v) is 3.34. The molecule has 0 aliphatic heterocycles. The molecule has 98 valence electrons. The Balaban J connectivity index is 1.83. The Hall–Kier alpha value is -1.06. The van der Waals surface area contributed by atoms with E-state index in [0.717, 1.165) is 17.9 Å². The van der Waals surface area contributed by atoms with Crippen molar-refractivity contribution in [2.45, 2.75) is 38.8 Å². The van der Waals surface area contributed by atoms with Crippen LogP contribution in [0, 0.1) is 0 Å². The molecule has 4 heteroatoms. The molecule has 1 aliphatic rings. The Bertz CT molecular complexity index is 445. The molecule has 0 saturated heterocycles. The van der Waals surface area contributed by atoms with Gasteiger partial charge in [0.25, 0.3) is 0 Å². The van der Waals surface area contributed by atoms with Crippen molar-refractivity contribution in [3.8, 4) is 0 Å². The highest BCUT2D eigenvalue weighted by atomic mass is 35.5. The molecule has 1 amide bonds. The van der Waals surface area contributed by atoms with Crippen LogP contribution in [0.25, 0.3) is 0 Å². The lowest BCUT2D eigenvalue weighted by Crippen LogP contribution is -2.41. The van der Waals surface area contributed by atoms with E-state index in [1.807, 2.05) is 26.0 Å². The van der Waals surface area contributed by atoms with Crippen LogP contribution in [0.4, 0.5) is 0 Å². The van der Waals surface area contributed by atoms with Gasteiger partial charge in [0, 0.05) is 17.1 Å². The number of carbonyl (C=O) groups is 1. The molecule has 18 heavy (non-hydrogen) atoms. The van der Waals surface area contributed by atoms with E-state index in [-0.39, 0.29) is 11.9 Å². The van der Waals surface area contributed by atoms with E-state index < -0.39 is 0 Å². The number of hydrogen-bond acceptors (Lipinski definition) is 2. The van der Waals surface area contributed by atoms with E-state index in [1.54, 1.807) is 0 Å². The quantitative estimate of drug-likeness (QED) is 0.874. The SMILES string of the molecule is CC(C)NC(=O)CNC1Cc2ccc(Cl)cc2C1. The summed E-state index contributed by atoms with van der Waals surface area (Å²) >= 11 is 5.97. The van der Waals surface area contributed by atoms with Crippen LogP contribution in [0.5, 0.6) is 0 Å². The maximum atomic E-state index is 11.5. The van der Waals surface area contributed by atoms with Gasteiger partial charge in [0.1, 0.15) is 0 Å². The Morgan fingerprint density at radius 2 is 2.11 bits per heavy atom. The third-order valence-electron chi connectivity index (χ3n) is 3.10. The largest absolute Gasteiger partial charge is 0.353 e. The summed E-state index contributed by atoms with van der Waals surface area (Å²) in [4.78, 5) is 11.5. The van der Waals surface area contributed by atoms with Gasteiger partial charge in [0.05, 0.1) is 6.54 Å². The fraction of sp³-hybridized carbons (Fsp3) is 0.500. The first kappa shape index (κ1) is 13.4. The Labute approximate surface area is 113 Å². The average molecular weight is 267 g/mol. The van der Waals surface area contributed by atoms with Crippen molar-refractivity contribution in [3.05, 3.63) is 34.3 Å². The number of fused-ring (bicyclic) bond motifs is 1. The first-order chi connectivity index (χ1) is 8.54. The summed E-state index contributed by atoms with van der Waals surface area (Å²) in [5.41, 5.74) is 2.63. The van der Waals surface area contributed by atoms with Gasteiger partial charge in [0.2, 0.25) is 5.91 Å². The Kier molecular flexibility index (Phi) is 4.25. The van der Waals surface area contributed by atoms with Crippen molar-refractivity contribution < 1.29 is 4.79 Å². The van der Waals surface area contributed by atoms with Crippen LogP contribution in [-0.2, 0) is 17.6 Å². The second kappa shape index (κ2) is 5.72. The van der Waals surface area contributed by atoms with E-state index in [1.165, 1.54) is 11.1 Å². The molecular formula is C14H19ClN2O. The number of amides is 1. The van der Waals surface area contributed by atoms with Crippen molar-refractivity contribution >= 4 is 17.5 Å². The molecule has 0 bridgehead atoms. The number of carbonyl (C=O) groups excluding carboxylic acids is 1. The number of nitrogens with one attached hydrogen (secondary N) is 2. The van der Waals surface area contributed by atoms with Crippen LogP contribution >= 0.6 is 11.6 Å². The minimum Gasteiger partial charge on any atom is -0.353 e. The molecule has 0 aromatic heterocycles. The summed E-state index contributed by atoms with van der Waals surface area (Å²) in [6.07, 6.45) is 1.92. The zero-order valence-corrected chi connectivity index (χ0v) is 11.6. The van der Waals surface area contributed by atoms with Gasteiger partial charge in [-0.2, -0.15) is 0 Å². The summed E-state index contributed by atoms with van der Waals surface area (Å²) in [7, 11) is 0. The van der Waals surface area contributed by atoms with Gasteiger partial charge in [-0.05, 0) is 49.9 Å². The van der Waals surface area contributed by atoms with Gasteiger partial charge >= 0.3 is 0 Å². The molecule has 3 nitrogen and oxygen atoms in total. The normalized spacial score (nSPS) is 17.9. The molecule has 0 fully saturated rings. The lowest BCUT2D eigenvalue weighted by molar-refractivity contribution is -0.120. The predicted octanol–water partition coefficient (Wildman–Crippen LogP) is 1.92. The highest BCUT2D eigenvalue weighted by molar-refractivity contribution is 6.30. The zero-order chi connectivity index (χ0) is 13.1. The molecule has 0 spiro atoms. The number of rotatable bonds is 4. The van der Waals surface area contributed by atoms with Gasteiger partial charge in [0.15, 0.2) is 0 Å². The number of hydrogen-bond donors (Lipinski definition) is 2. The summed E-state index contributed by atoms with van der Waals surface area (Å²) in [5.74, 6) is 0.0546. The third kappa shape index (κ3) is 3.47. The van der Waals surface area contributed by atoms with Crippen molar-refractivity contribution in [1.29, 1.82) is 0 Å². The first-order valence-electron chi connectivity index (χ1n) is 6.34. The predicted molar refractivity (Wildman–Crippen MR) is 73.9 cm³/mol. The van der Waals surface area contributed by atoms with E-state index >= 15 is 0 Å². The molecule has 1 aromatic carbocycles. The molecule has 1 atom stereocenters. The van der Waals surface area contributed by atoms with Gasteiger partial charge in [-0.1, -0.05) is 17.7 Å². The highest BCUT2D eigenvalue weighted by Gasteiger charge is 2.21. The van der Waals surface area contributed by atoms with Gasteiger partial charge in [-0.25, -0.2) is 0 Å². The monoisotopic (exact) mass is 266 g/mol. The fourth-order valence-electron chi connectivity index (χ4n) is 2.34. The van der Waals surface area contributed by atoms with Gasteiger partial charge in [-0.3, -0.25) is 4.79 Å². The molecule has 0 radical (unpaired) electrons. The molecular weight excluding hydrogens is 248 g/mol. The molecule has 2 N–H and O–H groups in total. The summed E-state index contributed by atoms with van der Waals surface area (Å²) in [6.45, 7) is 4.31. The Morgan fingerprint density at radius 3 is 2.83 bits per heavy atom. The van der Waals surface area contributed by atoms with Crippen molar-refractivity contribution in [2.24, 2.45) is 0 Å². The Morgan fingerprint density at radius 1 is 1.39 bits per heavy atom. The summed E-state index contributed by atoms with van der Waals surface area (Å²) in [5, 5.41) is 6.96. The van der Waals surface area contributed by atoms with E-state index in [2.05, 4.69) is 16.7 Å². The van der Waals surface area contributed by atoms with Crippen molar-refractivity contribution in [3.63, 3.8) is 0 Å². The average Bonchev–Trinajstić information content (AvgIpc) is 2.67.